The number of aryl methyl sites for hydroxylation is 1. The first kappa shape index (κ1) is 16.2. The Morgan fingerprint density at radius 1 is 1.14 bits per heavy atom. The number of rotatable bonds is 7. The topological polar surface area (TPSA) is 29.9 Å². The summed E-state index contributed by atoms with van der Waals surface area (Å²) in [5.41, 5.74) is 5.10. The normalized spacial score (nSPS) is 11.0. The minimum absolute atomic E-state index is 0.836. The fourth-order valence-corrected chi connectivity index (χ4v) is 2.79. The molecule has 0 radical (unpaired) electrons. The number of halogens is 1. The second-order valence-corrected chi connectivity index (χ2v) is 6.35. The van der Waals surface area contributed by atoms with Crippen molar-refractivity contribution in [1.29, 1.82) is 0 Å². The van der Waals surface area contributed by atoms with Crippen LogP contribution in [0.25, 0.3) is 0 Å². The minimum atomic E-state index is 0.836. The number of nitrogens with one attached hydrogen (secondary N) is 1. The smallest absolute Gasteiger partial charge is 0.0662 e. The van der Waals surface area contributed by atoms with Gasteiger partial charge < -0.3 is 5.32 Å². The Labute approximate surface area is 135 Å². The quantitative estimate of drug-likeness (QED) is 0.769. The molecule has 0 saturated heterocycles. The molecule has 1 aromatic carbocycles. The van der Waals surface area contributed by atoms with E-state index in [2.05, 4.69) is 71.0 Å². The molecule has 2 rings (SSSR count). The first-order valence-corrected chi connectivity index (χ1v) is 8.39. The van der Waals surface area contributed by atoms with Crippen molar-refractivity contribution < 1.29 is 0 Å². The van der Waals surface area contributed by atoms with Gasteiger partial charge in [-0.3, -0.25) is 4.68 Å². The van der Waals surface area contributed by atoms with Crippen molar-refractivity contribution >= 4 is 15.9 Å². The maximum absolute atomic E-state index is 4.70. The van der Waals surface area contributed by atoms with Gasteiger partial charge in [0, 0.05) is 10.2 Å². The molecule has 0 aliphatic carbocycles. The van der Waals surface area contributed by atoms with Crippen LogP contribution in [0.5, 0.6) is 0 Å². The predicted molar refractivity (Wildman–Crippen MR) is 91.8 cm³/mol. The standard InChI is InChI=1S/C17H24BrN3/c1-4-10-19-11-9-17-13(2)20-21(14(17)3)12-15-5-7-16(18)8-6-15/h5-8,19H,4,9-12H2,1-3H3. The van der Waals surface area contributed by atoms with Crippen molar-refractivity contribution in [1.82, 2.24) is 15.1 Å². The largest absolute Gasteiger partial charge is 0.316 e. The van der Waals surface area contributed by atoms with Crippen molar-refractivity contribution in [2.75, 3.05) is 13.1 Å². The lowest BCUT2D eigenvalue weighted by molar-refractivity contribution is 0.653. The Balaban J connectivity index is 2.05. The van der Waals surface area contributed by atoms with E-state index in [1.807, 2.05) is 0 Å². The van der Waals surface area contributed by atoms with Crippen LogP contribution in [0.15, 0.2) is 28.7 Å². The highest BCUT2D eigenvalue weighted by Crippen LogP contribution is 2.16. The van der Waals surface area contributed by atoms with Gasteiger partial charge in [-0.25, -0.2) is 0 Å². The van der Waals surface area contributed by atoms with Crippen LogP contribution < -0.4 is 5.32 Å². The van der Waals surface area contributed by atoms with Crippen LogP contribution in [0, 0.1) is 13.8 Å². The molecule has 1 heterocycles. The van der Waals surface area contributed by atoms with Crippen LogP contribution in [0.3, 0.4) is 0 Å². The summed E-state index contributed by atoms with van der Waals surface area (Å²) in [5.74, 6) is 0. The predicted octanol–water partition coefficient (Wildman–Crippen LogP) is 3.85. The van der Waals surface area contributed by atoms with E-state index in [1.165, 1.54) is 23.2 Å². The Hall–Kier alpha value is -1.13. The van der Waals surface area contributed by atoms with E-state index in [0.29, 0.717) is 0 Å². The van der Waals surface area contributed by atoms with Gasteiger partial charge in [0.05, 0.1) is 12.2 Å². The molecule has 4 heteroatoms. The fraction of sp³-hybridized carbons (Fsp3) is 0.471. The third-order valence-electron chi connectivity index (χ3n) is 3.76. The summed E-state index contributed by atoms with van der Waals surface area (Å²) in [4.78, 5) is 0. The number of aromatic nitrogens is 2. The highest BCUT2D eigenvalue weighted by Gasteiger charge is 2.11. The average molecular weight is 350 g/mol. The monoisotopic (exact) mass is 349 g/mol. The Kier molecular flexibility index (Phi) is 6.00. The summed E-state index contributed by atoms with van der Waals surface area (Å²) < 4.78 is 3.23. The zero-order valence-electron chi connectivity index (χ0n) is 13.1. The molecule has 114 valence electrons. The molecule has 0 saturated carbocycles. The third kappa shape index (κ3) is 4.42. The zero-order chi connectivity index (χ0) is 15.2. The SMILES string of the molecule is CCCNCCc1c(C)nn(Cc2ccc(Br)cc2)c1C. The maximum atomic E-state index is 4.70. The van der Waals surface area contributed by atoms with Gasteiger partial charge in [0.25, 0.3) is 0 Å². The molecule has 0 atom stereocenters. The Bertz CT molecular complexity index is 572. The van der Waals surface area contributed by atoms with E-state index < -0.39 is 0 Å². The van der Waals surface area contributed by atoms with Crippen molar-refractivity contribution in [2.24, 2.45) is 0 Å². The molecule has 2 aromatic rings. The van der Waals surface area contributed by atoms with Gasteiger partial charge in [-0.2, -0.15) is 5.10 Å². The van der Waals surface area contributed by atoms with Gasteiger partial charge in [0.2, 0.25) is 0 Å². The number of benzene rings is 1. The lowest BCUT2D eigenvalue weighted by atomic mass is 10.1. The summed E-state index contributed by atoms with van der Waals surface area (Å²) >= 11 is 3.47. The summed E-state index contributed by atoms with van der Waals surface area (Å²) in [6, 6.07) is 8.44. The van der Waals surface area contributed by atoms with Gasteiger partial charge >= 0.3 is 0 Å². The van der Waals surface area contributed by atoms with Crippen LogP contribution in [0.2, 0.25) is 0 Å². The minimum Gasteiger partial charge on any atom is -0.316 e. The molecular weight excluding hydrogens is 326 g/mol. The van der Waals surface area contributed by atoms with Gasteiger partial charge in [-0.1, -0.05) is 35.0 Å². The first-order valence-electron chi connectivity index (χ1n) is 7.60. The number of nitrogens with zero attached hydrogens (tertiary/aromatic N) is 2. The van der Waals surface area contributed by atoms with Crippen LogP contribution in [0.4, 0.5) is 0 Å². The van der Waals surface area contributed by atoms with Crippen molar-refractivity contribution in [3.8, 4) is 0 Å². The summed E-state index contributed by atoms with van der Waals surface area (Å²) in [7, 11) is 0. The molecule has 0 bridgehead atoms. The number of hydrogen-bond acceptors (Lipinski definition) is 2. The van der Waals surface area contributed by atoms with Crippen molar-refractivity contribution in [3.63, 3.8) is 0 Å². The number of hydrogen-bond donors (Lipinski definition) is 1. The van der Waals surface area contributed by atoms with Crippen molar-refractivity contribution in [2.45, 2.75) is 40.2 Å². The average Bonchev–Trinajstić information content (AvgIpc) is 2.73. The lowest BCUT2D eigenvalue weighted by Crippen LogP contribution is -2.18. The Morgan fingerprint density at radius 3 is 2.52 bits per heavy atom. The van der Waals surface area contributed by atoms with E-state index in [9.17, 15) is 0 Å². The third-order valence-corrected chi connectivity index (χ3v) is 4.28. The first-order chi connectivity index (χ1) is 10.1. The van der Waals surface area contributed by atoms with Crippen LogP contribution in [-0.4, -0.2) is 22.9 Å². The molecule has 0 unspecified atom stereocenters. The molecule has 3 nitrogen and oxygen atoms in total. The zero-order valence-corrected chi connectivity index (χ0v) is 14.7. The highest BCUT2D eigenvalue weighted by molar-refractivity contribution is 9.10. The van der Waals surface area contributed by atoms with E-state index in [0.717, 1.165) is 36.2 Å². The Morgan fingerprint density at radius 2 is 1.86 bits per heavy atom. The molecule has 1 aromatic heterocycles. The summed E-state index contributed by atoms with van der Waals surface area (Å²) in [6.07, 6.45) is 2.23. The van der Waals surface area contributed by atoms with Crippen LogP contribution >= 0.6 is 15.9 Å². The van der Waals surface area contributed by atoms with E-state index in [-0.39, 0.29) is 0 Å². The maximum Gasteiger partial charge on any atom is 0.0662 e. The van der Waals surface area contributed by atoms with Gasteiger partial charge in [-0.15, -0.1) is 0 Å². The van der Waals surface area contributed by atoms with Gasteiger partial charge in [0.15, 0.2) is 0 Å². The molecule has 21 heavy (non-hydrogen) atoms. The van der Waals surface area contributed by atoms with Gasteiger partial charge in [-0.05, 0) is 63.0 Å². The van der Waals surface area contributed by atoms with Crippen LogP contribution in [-0.2, 0) is 13.0 Å². The molecule has 0 amide bonds. The molecule has 0 aliphatic heterocycles. The van der Waals surface area contributed by atoms with Crippen molar-refractivity contribution in [3.05, 3.63) is 51.3 Å². The molecule has 0 aliphatic rings. The lowest BCUT2D eigenvalue weighted by Gasteiger charge is -2.07. The second-order valence-electron chi connectivity index (χ2n) is 5.43. The molecule has 1 N–H and O–H groups in total. The fourth-order valence-electron chi connectivity index (χ4n) is 2.53. The summed E-state index contributed by atoms with van der Waals surface area (Å²) in [5, 5.41) is 8.16. The summed E-state index contributed by atoms with van der Waals surface area (Å²) in [6.45, 7) is 9.43. The molecule has 0 fully saturated rings. The highest BCUT2D eigenvalue weighted by atomic mass is 79.9. The molecular formula is C17H24BrN3. The van der Waals surface area contributed by atoms with E-state index in [1.54, 1.807) is 0 Å². The molecule has 0 spiro atoms. The van der Waals surface area contributed by atoms with Crippen LogP contribution in [0.1, 0.15) is 35.9 Å². The van der Waals surface area contributed by atoms with Gasteiger partial charge in [0.1, 0.15) is 0 Å². The van der Waals surface area contributed by atoms with E-state index >= 15 is 0 Å². The second kappa shape index (κ2) is 7.76. The van der Waals surface area contributed by atoms with E-state index in [4.69, 9.17) is 5.10 Å².